The van der Waals surface area contributed by atoms with Crippen molar-refractivity contribution in [2.75, 3.05) is 4.90 Å². The number of rotatable bonds is 2. The van der Waals surface area contributed by atoms with E-state index in [0.717, 1.165) is 0 Å². The molecular weight excluding hydrogens is 290 g/mol. The lowest BCUT2D eigenvalue weighted by molar-refractivity contribution is 0.866. The number of hydrogen-bond acceptors (Lipinski definition) is 1. The molecule has 0 bridgehead atoms. The van der Waals surface area contributed by atoms with Gasteiger partial charge in [-0.15, -0.1) is 0 Å². The average molecular weight is 311 g/mol. The Hall–Kier alpha value is -2.80. The maximum atomic E-state index is 2.37. The lowest BCUT2D eigenvalue weighted by atomic mass is 9.99. The van der Waals surface area contributed by atoms with Crippen molar-refractivity contribution in [2.24, 2.45) is 0 Å². The molecule has 0 saturated carbocycles. The van der Waals surface area contributed by atoms with Crippen molar-refractivity contribution in [3.8, 4) is 0 Å². The number of hydrogen-bond donors (Lipinski definition) is 0. The molecule has 0 fully saturated rings. The van der Waals surface area contributed by atoms with E-state index < -0.39 is 0 Å². The van der Waals surface area contributed by atoms with Crippen LogP contribution in [0.4, 0.5) is 17.1 Å². The second-order valence-corrected chi connectivity index (χ2v) is 6.54. The van der Waals surface area contributed by atoms with Crippen molar-refractivity contribution in [2.45, 2.75) is 19.8 Å². The molecule has 0 aliphatic carbocycles. The Kier molecular flexibility index (Phi) is 3.70. The first-order chi connectivity index (χ1) is 11.7. The Labute approximate surface area is 143 Å². The van der Waals surface area contributed by atoms with E-state index in [0.29, 0.717) is 5.92 Å². The minimum atomic E-state index is 0.510. The van der Waals surface area contributed by atoms with Crippen LogP contribution in [0.2, 0.25) is 0 Å². The highest BCUT2D eigenvalue weighted by molar-refractivity contribution is 5.93. The summed E-state index contributed by atoms with van der Waals surface area (Å²) in [4.78, 5) is 2.37. The number of para-hydroxylation sites is 2. The standard InChI is InChI=1S/C23H21N/c1-17(2)20-15-14-19-13-12-18-8-6-7-11-22(18)24(23(19)16-20)21-9-4-3-5-10-21/h3-17H,1-2H3. The van der Waals surface area contributed by atoms with Crippen LogP contribution >= 0.6 is 0 Å². The molecule has 118 valence electrons. The van der Waals surface area contributed by atoms with Gasteiger partial charge in [-0.2, -0.15) is 0 Å². The zero-order valence-electron chi connectivity index (χ0n) is 14.1. The van der Waals surface area contributed by atoms with Crippen molar-refractivity contribution in [3.63, 3.8) is 0 Å². The zero-order valence-corrected chi connectivity index (χ0v) is 14.1. The Morgan fingerprint density at radius 3 is 2.08 bits per heavy atom. The summed E-state index contributed by atoms with van der Waals surface area (Å²) in [6.07, 6.45) is 4.44. The molecule has 0 N–H and O–H groups in total. The molecule has 0 saturated heterocycles. The van der Waals surface area contributed by atoms with Crippen LogP contribution < -0.4 is 4.90 Å². The molecule has 0 amide bonds. The van der Waals surface area contributed by atoms with Crippen LogP contribution in [0.15, 0.2) is 72.8 Å². The second kappa shape index (κ2) is 6.01. The highest BCUT2D eigenvalue weighted by Gasteiger charge is 2.20. The van der Waals surface area contributed by atoms with Crippen molar-refractivity contribution < 1.29 is 0 Å². The molecule has 1 aliphatic rings. The molecule has 0 aromatic heterocycles. The summed E-state index contributed by atoms with van der Waals surface area (Å²) >= 11 is 0. The first kappa shape index (κ1) is 14.8. The second-order valence-electron chi connectivity index (χ2n) is 6.54. The maximum Gasteiger partial charge on any atom is 0.0537 e. The Balaban J connectivity index is 2.00. The molecule has 1 nitrogen and oxygen atoms in total. The summed E-state index contributed by atoms with van der Waals surface area (Å²) < 4.78 is 0. The maximum absolute atomic E-state index is 2.37. The smallest absolute Gasteiger partial charge is 0.0537 e. The number of anilines is 3. The molecule has 1 heterocycles. The molecule has 1 heteroatoms. The van der Waals surface area contributed by atoms with Crippen molar-refractivity contribution in [3.05, 3.63) is 89.5 Å². The van der Waals surface area contributed by atoms with E-state index in [9.17, 15) is 0 Å². The van der Waals surface area contributed by atoms with E-state index in [1.807, 2.05) is 0 Å². The van der Waals surface area contributed by atoms with E-state index in [1.165, 1.54) is 33.8 Å². The lowest BCUT2D eigenvalue weighted by Crippen LogP contribution is -2.12. The van der Waals surface area contributed by atoms with Crippen LogP contribution in [0, 0.1) is 0 Å². The summed E-state index contributed by atoms with van der Waals surface area (Å²) in [6, 6.07) is 26.0. The third-order valence-corrected chi connectivity index (χ3v) is 4.60. The number of nitrogens with zero attached hydrogens (tertiary/aromatic N) is 1. The first-order valence-electron chi connectivity index (χ1n) is 8.50. The van der Waals surface area contributed by atoms with Gasteiger partial charge in [0.1, 0.15) is 0 Å². The van der Waals surface area contributed by atoms with Crippen LogP contribution in [0.5, 0.6) is 0 Å². The van der Waals surface area contributed by atoms with Crippen molar-refractivity contribution in [1.29, 1.82) is 0 Å². The molecule has 3 aromatic carbocycles. The average Bonchev–Trinajstić information content (AvgIpc) is 2.78. The van der Waals surface area contributed by atoms with Crippen LogP contribution in [0.1, 0.15) is 36.5 Å². The van der Waals surface area contributed by atoms with E-state index in [1.54, 1.807) is 0 Å². The quantitative estimate of drug-likeness (QED) is 0.395. The minimum absolute atomic E-state index is 0.510. The SMILES string of the molecule is CC(C)c1ccc2c(c1)N(c1ccccc1)c1ccccc1C=C2. The van der Waals surface area contributed by atoms with Gasteiger partial charge in [0.15, 0.2) is 0 Å². The van der Waals surface area contributed by atoms with Gasteiger partial charge in [0.2, 0.25) is 0 Å². The van der Waals surface area contributed by atoms with Crippen LogP contribution in [0.25, 0.3) is 12.2 Å². The third-order valence-electron chi connectivity index (χ3n) is 4.60. The summed E-state index contributed by atoms with van der Waals surface area (Å²) in [5.74, 6) is 0.510. The third kappa shape index (κ3) is 2.52. The van der Waals surface area contributed by atoms with E-state index in [4.69, 9.17) is 0 Å². The Bertz CT molecular complexity index is 891. The van der Waals surface area contributed by atoms with Gasteiger partial charge < -0.3 is 4.90 Å². The summed E-state index contributed by atoms with van der Waals surface area (Å²) in [6.45, 7) is 4.49. The number of fused-ring (bicyclic) bond motifs is 2. The lowest BCUT2D eigenvalue weighted by Gasteiger charge is -2.28. The fourth-order valence-corrected chi connectivity index (χ4v) is 3.25. The normalized spacial score (nSPS) is 12.7. The van der Waals surface area contributed by atoms with E-state index in [2.05, 4.69) is 104 Å². The fourth-order valence-electron chi connectivity index (χ4n) is 3.25. The fraction of sp³-hybridized carbons (Fsp3) is 0.130. The van der Waals surface area contributed by atoms with E-state index >= 15 is 0 Å². The molecule has 0 unspecified atom stereocenters. The number of benzene rings is 3. The van der Waals surface area contributed by atoms with Crippen LogP contribution in [0.3, 0.4) is 0 Å². The Morgan fingerprint density at radius 2 is 1.33 bits per heavy atom. The van der Waals surface area contributed by atoms with Crippen molar-refractivity contribution >= 4 is 29.2 Å². The minimum Gasteiger partial charge on any atom is -0.309 e. The topological polar surface area (TPSA) is 3.24 Å². The molecule has 0 atom stereocenters. The highest BCUT2D eigenvalue weighted by Crippen LogP contribution is 2.42. The van der Waals surface area contributed by atoms with Gasteiger partial charge in [0.25, 0.3) is 0 Å². The zero-order chi connectivity index (χ0) is 16.5. The molecular formula is C23H21N. The molecule has 4 rings (SSSR count). The van der Waals surface area contributed by atoms with Crippen LogP contribution in [-0.2, 0) is 0 Å². The Morgan fingerprint density at radius 1 is 0.667 bits per heavy atom. The predicted octanol–water partition coefficient (Wildman–Crippen LogP) is 6.76. The molecule has 0 radical (unpaired) electrons. The van der Waals surface area contributed by atoms with Crippen molar-refractivity contribution in [1.82, 2.24) is 0 Å². The van der Waals surface area contributed by atoms with E-state index in [-0.39, 0.29) is 0 Å². The highest BCUT2D eigenvalue weighted by atomic mass is 15.1. The first-order valence-corrected chi connectivity index (χ1v) is 8.50. The predicted molar refractivity (Wildman–Crippen MR) is 104 cm³/mol. The molecule has 1 aliphatic heterocycles. The van der Waals surface area contributed by atoms with Gasteiger partial charge in [0, 0.05) is 5.69 Å². The molecule has 3 aromatic rings. The van der Waals surface area contributed by atoms with Gasteiger partial charge in [-0.05, 0) is 46.9 Å². The van der Waals surface area contributed by atoms with Gasteiger partial charge in [-0.3, -0.25) is 0 Å². The largest absolute Gasteiger partial charge is 0.309 e. The van der Waals surface area contributed by atoms with Gasteiger partial charge >= 0.3 is 0 Å². The summed E-state index contributed by atoms with van der Waals surface area (Å²) in [5, 5.41) is 0. The summed E-state index contributed by atoms with van der Waals surface area (Å²) in [7, 11) is 0. The van der Waals surface area contributed by atoms with Crippen LogP contribution in [-0.4, -0.2) is 0 Å². The van der Waals surface area contributed by atoms with Gasteiger partial charge in [0.05, 0.1) is 11.4 Å². The summed E-state index contributed by atoms with van der Waals surface area (Å²) in [5.41, 5.74) is 7.51. The van der Waals surface area contributed by atoms with Gasteiger partial charge in [-0.1, -0.05) is 74.5 Å². The van der Waals surface area contributed by atoms with Gasteiger partial charge in [-0.25, -0.2) is 0 Å². The molecule has 0 spiro atoms. The monoisotopic (exact) mass is 311 g/mol. The molecule has 24 heavy (non-hydrogen) atoms.